The first-order valence-corrected chi connectivity index (χ1v) is 8.36. The van der Waals surface area contributed by atoms with Crippen molar-refractivity contribution in [1.82, 2.24) is 14.9 Å². The van der Waals surface area contributed by atoms with Crippen LogP contribution in [-0.4, -0.2) is 28.6 Å². The van der Waals surface area contributed by atoms with Crippen molar-refractivity contribution >= 4 is 12.2 Å². The Hall–Kier alpha value is -2.80. The zero-order valence-electron chi connectivity index (χ0n) is 13.9. The highest BCUT2D eigenvalue weighted by Crippen LogP contribution is 2.28. The molecule has 0 fully saturated rings. The van der Waals surface area contributed by atoms with E-state index in [2.05, 4.69) is 27.8 Å². The fraction of sp³-hybridized carbons (Fsp3) is 0.222. The molecular weight excluding hydrogens is 336 g/mol. The van der Waals surface area contributed by atoms with Crippen molar-refractivity contribution in [2.45, 2.75) is 13.0 Å². The molecule has 0 aliphatic heterocycles. The molecular formula is C18H20N4O2S. The molecule has 3 aromatic rings. The summed E-state index contributed by atoms with van der Waals surface area (Å²) in [5.74, 6) is 1.45. The van der Waals surface area contributed by atoms with Crippen molar-refractivity contribution in [3.8, 4) is 11.5 Å². The summed E-state index contributed by atoms with van der Waals surface area (Å²) in [6.07, 6.45) is 2.45. The minimum absolute atomic E-state index is 0.521. The van der Waals surface area contributed by atoms with Crippen molar-refractivity contribution in [1.29, 1.82) is 0 Å². The Balaban J connectivity index is 1.59. The molecule has 0 bridgehead atoms. The van der Waals surface area contributed by atoms with Crippen LogP contribution in [0.3, 0.4) is 0 Å². The minimum Gasteiger partial charge on any atom is -0.493 e. The van der Waals surface area contributed by atoms with Crippen LogP contribution in [0, 0.1) is 4.77 Å². The topological polar surface area (TPSA) is 64.1 Å². The van der Waals surface area contributed by atoms with Gasteiger partial charge in [0.1, 0.15) is 6.33 Å². The van der Waals surface area contributed by atoms with Gasteiger partial charge in [0.25, 0.3) is 0 Å². The van der Waals surface area contributed by atoms with Gasteiger partial charge in [0.15, 0.2) is 11.5 Å². The van der Waals surface area contributed by atoms with E-state index in [0.717, 1.165) is 17.7 Å². The van der Waals surface area contributed by atoms with Crippen LogP contribution in [0.25, 0.3) is 0 Å². The number of hydrogen-bond donors (Lipinski definition) is 2. The quantitative estimate of drug-likeness (QED) is 0.606. The maximum Gasteiger partial charge on any atom is 0.214 e. The van der Waals surface area contributed by atoms with E-state index >= 15 is 0 Å². The Morgan fingerprint density at radius 1 is 1.12 bits per heavy atom. The first-order valence-electron chi connectivity index (χ1n) is 7.96. The number of methoxy groups -OCH3 is 1. The molecule has 0 radical (unpaired) electrons. The van der Waals surface area contributed by atoms with Gasteiger partial charge in [0.2, 0.25) is 4.77 Å². The zero-order chi connectivity index (χ0) is 17.5. The van der Waals surface area contributed by atoms with Crippen LogP contribution < -0.4 is 14.9 Å². The second-order valence-electron chi connectivity index (χ2n) is 5.44. The van der Waals surface area contributed by atoms with E-state index in [1.165, 1.54) is 5.56 Å². The molecule has 3 rings (SSSR count). The van der Waals surface area contributed by atoms with Gasteiger partial charge in [-0.3, -0.25) is 5.10 Å². The van der Waals surface area contributed by atoms with Crippen molar-refractivity contribution < 1.29 is 9.47 Å². The highest BCUT2D eigenvalue weighted by Gasteiger charge is 2.06. The van der Waals surface area contributed by atoms with Crippen LogP contribution in [0.4, 0.5) is 0 Å². The lowest BCUT2D eigenvalue weighted by Gasteiger charge is -2.13. The third-order valence-electron chi connectivity index (χ3n) is 3.72. The van der Waals surface area contributed by atoms with Crippen molar-refractivity contribution in [2.75, 3.05) is 19.1 Å². The Morgan fingerprint density at radius 2 is 1.96 bits per heavy atom. The second kappa shape index (κ2) is 8.34. The molecule has 1 aromatic heterocycles. The summed E-state index contributed by atoms with van der Waals surface area (Å²) in [6.45, 7) is 1.19. The molecule has 7 heteroatoms. The van der Waals surface area contributed by atoms with Gasteiger partial charge in [-0.1, -0.05) is 36.4 Å². The summed E-state index contributed by atoms with van der Waals surface area (Å²) in [5, 5.41) is 6.56. The molecule has 0 unspecified atom stereocenters. The van der Waals surface area contributed by atoms with E-state index in [0.29, 0.717) is 23.7 Å². The summed E-state index contributed by atoms with van der Waals surface area (Å²) in [5.41, 5.74) is 5.47. The van der Waals surface area contributed by atoms with E-state index in [9.17, 15) is 0 Å². The Labute approximate surface area is 151 Å². The minimum atomic E-state index is 0.521. The van der Waals surface area contributed by atoms with Gasteiger partial charge in [0.05, 0.1) is 20.3 Å². The standard InChI is InChI=1S/C18H20N4O2S/c1-23-17-11-15(12-20-22-13-19-21-18(22)25)7-8-16(17)24-10-9-14-5-3-2-4-6-14/h2-8,11,13,20H,9-10,12H2,1H3,(H,21,25). The predicted octanol–water partition coefficient (Wildman–Crippen LogP) is 3.31. The number of benzene rings is 2. The first-order chi connectivity index (χ1) is 12.3. The second-order valence-corrected chi connectivity index (χ2v) is 5.82. The molecule has 0 saturated heterocycles. The summed E-state index contributed by atoms with van der Waals surface area (Å²) in [7, 11) is 1.64. The van der Waals surface area contributed by atoms with Gasteiger partial charge in [-0.05, 0) is 35.5 Å². The third-order valence-corrected chi connectivity index (χ3v) is 4.01. The lowest BCUT2D eigenvalue weighted by Crippen LogP contribution is -2.13. The molecule has 1 heterocycles. The van der Waals surface area contributed by atoms with Crippen molar-refractivity contribution in [3.05, 3.63) is 70.8 Å². The van der Waals surface area contributed by atoms with Crippen molar-refractivity contribution in [2.24, 2.45) is 0 Å². The van der Waals surface area contributed by atoms with E-state index in [1.54, 1.807) is 18.1 Å². The number of ether oxygens (including phenoxy) is 2. The maximum atomic E-state index is 5.87. The van der Waals surface area contributed by atoms with E-state index in [4.69, 9.17) is 21.7 Å². The van der Waals surface area contributed by atoms with Gasteiger partial charge in [-0.15, -0.1) is 0 Å². The molecule has 0 atom stereocenters. The molecule has 25 heavy (non-hydrogen) atoms. The largest absolute Gasteiger partial charge is 0.493 e. The maximum absolute atomic E-state index is 5.87. The summed E-state index contributed by atoms with van der Waals surface area (Å²) in [6, 6.07) is 16.1. The Morgan fingerprint density at radius 3 is 2.68 bits per heavy atom. The average molecular weight is 356 g/mol. The predicted molar refractivity (Wildman–Crippen MR) is 99.1 cm³/mol. The van der Waals surface area contributed by atoms with E-state index in [1.807, 2.05) is 36.4 Å². The summed E-state index contributed by atoms with van der Waals surface area (Å²) >= 11 is 5.10. The van der Waals surface area contributed by atoms with Crippen LogP contribution in [0.5, 0.6) is 11.5 Å². The monoisotopic (exact) mass is 356 g/mol. The van der Waals surface area contributed by atoms with Crippen LogP contribution in [-0.2, 0) is 13.0 Å². The highest BCUT2D eigenvalue weighted by atomic mass is 32.1. The van der Waals surface area contributed by atoms with Gasteiger partial charge in [-0.25, -0.2) is 4.68 Å². The molecule has 0 amide bonds. The molecule has 0 aliphatic rings. The number of aromatic amines is 1. The van der Waals surface area contributed by atoms with Crippen LogP contribution >= 0.6 is 12.2 Å². The fourth-order valence-electron chi connectivity index (χ4n) is 2.40. The van der Waals surface area contributed by atoms with Crippen LogP contribution in [0.15, 0.2) is 54.9 Å². The van der Waals surface area contributed by atoms with Gasteiger partial charge < -0.3 is 14.9 Å². The molecule has 130 valence electrons. The van der Waals surface area contributed by atoms with E-state index < -0.39 is 0 Å². The Kier molecular flexibility index (Phi) is 5.69. The van der Waals surface area contributed by atoms with Crippen molar-refractivity contribution in [3.63, 3.8) is 0 Å². The number of nitrogens with zero attached hydrogens (tertiary/aromatic N) is 2. The molecule has 0 saturated carbocycles. The number of rotatable bonds is 8. The Bertz CT molecular complexity index is 861. The smallest absolute Gasteiger partial charge is 0.214 e. The number of aromatic nitrogens is 3. The SMILES string of the molecule is COc1cc(CNn2cn[nH]c2=S)ccc1OCCc1ccccc1. The van der Waals surface area contributed by atoms with Gasteiger partial charge in [-0.2, -0.15) is 5.10 Å². The lowest BCUT2D eigenvalue weighted by atomic mass is 10.2. The molecule has 0 aliphatic carbocycles. The lowest BCUT2D eigenvalue weighted by molar-refractivity contribution is 0.297. The van der Waals surface area contributed by atoms with E-state index in [-0.39, 0.29) is 0 Å². The normalized spacial score (nSPS) is 10.4. The number of H-pyrrole nitrogens is 1. The third kappa shape index (κ3) is 4.60. The molecule has 2 aromatic carbocycles. The molecule has 0 spiro atoms. The first kappa shape index (κ1) is 17.0. The fourth-order valence-corrected chi connectivity index (χ4v) is 2.57. The molecule has 2 N–H and O–H groups in total. The molecule has 6 nitrogen and oxygen atoms in total. The number of nitrogens with one attached hydrogen (secondary N) is 2. The number of hydrogen-bond acceptors (Lipinski definition) is 5. The van der Waals surface area contributed by atoms with Gasteiger partial charge >= 0.3 is 0 Å². The highest BCUT2D eigenvalue weighted by molar-refractivity contribution is 7.71. The van der Waals surface area contributed by atoms with Crippen LogP contribution in [0.1, 0.15) is 11.1 Å². The average Bonchev–Trinajstić information content (AvgIpc) is 3.06. The van der Waals surface area contributed by atoms with Crippen LogP contribution in [0.2, 0.25) is 0 Å². The van der Waals surface area contributed by atoms with Gasteiger partial charge in [0, 0.05) is 6.42 Å². The zero-order valence-corrected chi connectivity index (χ0v) is 14.8. The summed E-state index contributed by atoms with van der Waals surface area (Å²) in [4.78, 5) is 0. The summed E-state index contributed by atoms with van der Waals surface area (Å²) < 4.78 is 13.5.